The first-order valence-corrected chi connectivity index (χ1v) is 6.24. The van der Waals surface area contributed by atoms with E-state index in [2.05, 4.69) is 0 Å². The summed E-state index contributed by atoms with van der Waals surface area (Å²) in [6.07, 6.45) is 2.84. The highest BCUT2D eigenvalue weighted by atomic mass is 16.3. The first-order valence-electron chi connectivity index (χ1n) is 6.24. The van der Waals surface area contributed by atoms with Crippen molar-refractivity contribution in [3.05, 3.63) is 58.9 Å². The first-order chi connectivity index (χ1) is 8.81. The summed E-state index contributed by atoms with van der Waals surface area (Å²) in [5.41, 5.74) is 0.941. The third-order valence-electron chi connectivity index (χ3n) is 3.45. The van der Waals surface area contributed by atoms with Crippen molar-refractivity contribution < 1.29 is 15.0 Å². The second-order valence-electron chi connectivity index (χ2n) is 5.35. The Balaban J connectivity index is 2.38. The molecule has 1 aromatic rings. The molecule has 1 aliphatic rings. The summed E-state index contributed by atoms with van der Waals surface area (Å²) in [6, 6.07) is 7.27. The van der Waals surface area contributed by atoms with Gasteiger partial charge < -0.3 is 10.2 Å². The smallest absolute Gasteiger partial charge is 0.173 e. The van der Waals surface area contributed by atoms with E-state index in [-0.39, 0.29) is 11.5 Å². The van der Waals surface area contributed by atoms with E-state index in [1.165, 1.54) is 19.1 Å². The van der Waals surface area contributed by atoms with E-state index >= 15 is 0 Å². The second-order valence-corrected chi connectivity index (χ2v) is 5.35. The van der Waals surface area contributed by atoms with Gasteiger partial charge in [-0.2, -0.15) is 0 Å². The Morgan fingerprint density at radius 3 is 2.32 bits per heavy atom. The Kier molecular flexibility index (Phi) is 3.33. The fourth-order valence-corrected chi connectivity index (χ4v) is 2.56. The lowest BCUT2D eigenvalue weighted by atomic mass is 9.75. The normalized spacial score (nSPS) is 26.6. The lowest BCUT2D eigenvalue weighted by Gasteiger charge is -2.32. The highest BCUT2D eigenvalue weighted by Crippen LogP contribution is 2.34. The van der Waals surface area contributed by atoms with Crippen LogP contribution in [0, 0.1) is 12.8 Å². The van der Waals surface area contributed by atoms with Crippen LogP contribution in [0.25, 0.3) is 0 Å². The predicted molar refractivity (Wildman–Crippen MR) is 74.1 cm³/mol. The molecule has 2 atom stereocenters. The Hall–Kier alpha value is -1.87. The highest BCUT2D eigenvalue weighted by Gasteiger charge is 2.39. The number of carbonyl (C=O) groups excluding carboxylic acids is 1. The van der Waals surface area contributed by atoms with Gasteiger partial charge in [-0.15, -0.1) is 0 Å². The van der Waals surface area contributed by atoms with Crippen molar-refractivity contribution in [1.29, 1.82) is 0 Å². The van der Waals surface area contributed by atoms with E-state index in [1.54, 1.807) is 19.1 Å². The number of benzene rings is 1. The van der Waals surface area contributed by atoms with Crippen LogP contribution in [0.5, 0.6) is 0 Å². The average molecular weight is 258 g/mol. The van der Waals surface area contributed by atoms with Crippen LogP contribution >= 0.6 is 0 Å². The number of allylic oxidation sites excluding steroid dienone is 1. The highest BCUT2D eigenvalue weighted by molar-refractivity contribution is 6.00. The first kappa shape index (κ1) is 13.6. The molecule has 0 fully saturated rings. The molecule has 1 aliphatic carbocycles. The van der Waals surface area contributed by atoms with E-state index in [0.717, 1.165) is 5.56 Å². The maximum absolute atomic E-state index is 12.5. The molecule has 0 saturated heterocycles. The Bertz CT molecular complexity index is 562. The summed E-state index contributed by atoms with van der Waals surface area (Å²) in [7, 11) is 0. The third kappa shape index (κ3) is 2.61. The molecule has 0 aromatic heterocycles. The fourth-order valence-electron chi connectivity index (χ4n) is 2.56. The van der Waals surface area contributed by atoms with Gasteiger partial charge in [0.15, 0.2) is 5.78 Å². The molecule has 100 valence electrons. The van der Waals surface area contributed by atoms with Crippen molar-refractivity contribution >= 4 is 5.78 Å². The monoisotopic (exact) mass is 258 g/mol. The molecule has 0 aliphatic heterocycles. The number of rotatable bonds is 2. The minimum Gasteiger partial charge on any atom is -0.508 e. The number of aryl methyl sites for hydroxylation is 1. The molecule has 3 heteroatoms. The molecule has 0 heterocycles. The van der Waals surface area contributed by atoms with Crippen LogP contribution in [0.1, 0.15) is 29.8 Å². The number of hydrogen-bond donors (Lipinski definition) is 2. The van der Waals surface area contributed by atoms with Crippen molar-refractivity contribution in [2.24, 2.45) is 5.92 Å². The van der Waals surface area contributed by atoms with E-state index in [1.807, 2.05) is 19.1 Å². The van der Waals surface area contributed by atoms with Gasteiger partial charge >= 0.3 is 0 Å². The van der Waals surface area contributed by atoms with Crippen molar-refractivity contribution in [1.82, 2.24) is 0 Å². The minimum absolute atomic E-state index is 0.00421. The predicted octanol–water partition coefficient (Wildman–Crippen LogP) is 2.95. The standard InChI is InChI=1S/C16H18O3/c1-10-4-6-12(7-5-10)15(18)14-11(2)8-13(17)9-16(14,3)19/h4-9,14,17,19H,1-3H3. The largest absolute Gasteiger partial charge is 0.508 e. The zero-order valence-corrected chi connectivity index (χ0v) is 11.3. The number of ketones is 1. The van der Waals surface area contributed by atoms with E-state index in [4.69, 9.17) is 0 Å². The fraction of sp³-hybridized carbons (Fsp3) is 0.312. The molecule has 0 radical (unpaired) electrons. The molecule has 2 N–H and O–H groups in total. The average Bonchev–Trinajstić information content (AvgIpc) is 2.26. The van der Waals surface area contributed by atoms with Crippen LogP contribution in [0.3, 0.4) is 0 Å². The van der Waals surface area contributed by atoms with Gasteiger partial charge in [-0.1, -0.05) is 35.4 Å². The molecule has 3 nitrogen and oxygen atoms in total. The topological polar surface area (TPSA) is 57.5 Å². The molecular weight excluding hydrogens is 240 g/mol. The molecule has 0 amide bonds. The van der Waals surface area contributed by atoms with Gasteiger partial charge in [-0.25, -0.2) is 0 Å². The SMILES string of the molecule is CC1=CC(O)=CC(C)(O)C1C(=O)c1ccc(C)cc1. The summed E-state index contributed by atoms with van der Waals surface area (Å²) in [6.45, 7) is 5.24. The summed E-state index contributed by atoms with van der Waals surface area (Å²) < 4.78 is 0. The van der Waals surface area contributed by atoms with Crippen molar-refractivity contribution in [2.45, 2.75) is 26.4 Å². The van der Waals surface area contributed by atoms with Crippen LogP contribution in [-0.2, 0) is 0 Å². The van der Waals surface area contributed by atoms with Crippen LogP contribution in [0.15, 0.2) is 47.7 Å². The Labute approximate surface area is 112 Å². The molecular formula is C16H18O3. The summed E-state index contributed by atoms with van der Waals surface area (Å²) in [4.78, 5) is 12.5. The van der Waals surface area contributed by atoms with Crippen LogP contribution in [-0.4, -0.2) is 21.6 Å². The number of aliphatic hydroxyl groups excluding tert-OH is 1. The Morgan fingerprint density at radius 2 is 1.79 bits per heavy atom. The lowest BCUT2D eigenvalue weighted by molar-refractivity contribution is 0.0465. The molecule has 19 heavy (non-hydrogen) atoms. The van der Waals surface area contributed by atoms with E-state index in [0.29, 0.717) is 11.1 Å². The molecule has 1 aromatic carbocycles. The van der Waals surface area contributed by atoms with E-state index in [9.17, 15) is 15.0 Å². The van der Waals surface area contributed by atoms with Gasteiger partial charge in [0, 0.05) is 5.56 Å². The summed E-state index contributed by atoms with van der Waals surface area (Å²) in [5.74, 6) is -0.802. The number of Topliss-reactive ketones (excluding diaryl/α,β-unsaturated/α-hetero) is 1. The zero-order chi connectivity index (χ0) is 14.2. The number of hydrogen-bond acceptors (Lipinski definition) is 3. The van der Waals surface area contributed by atoms with Gasteiger partial charge in [0.25, 0.3) is 0 Å². The zero-order valence-electron chi connectivity index (χ0n) is 11.3. The quantitative estimate of drug-likeness (QED) is 0.802. The summed E-state index contributed by atoms with van der Waals surface area (Å²) in [5, 5.41) is 19.9. The second kappa shape index (κ2) is 4.67. The summed E-state index contributed by atoms with van der Waals surface area (Å²) >= 11 is 0. The van der Waals surface area contributed by atoms with E-state index < -0.39 is 11.5 Å². The maximum atomic E-state index is 12.5. The van der Waals surface area contributed by atoms with Gasteiger partial charge in [-0.3, -0.25) is 4.79 Å². The minimum atomic E-state index is -1.37. The third-order valence-corrected chi connectivity index (χ3v) is 3.45. The van der Waals surface area contributed by atoms with Gasteiger partial charge in [0.2, 0.25) is 0 Å². The molecule has 2 rings (SSSR count). The molecule has 2 unspecified atom stereocenters. The Morgan fingerprint density at radius 1 is 1.21 bits per heavy atom. The van der Waals surface area contributed by atoms with Crippen LogP contribution < -0.4 is 0 Å². The van der Waals surface area contributed by atoms with Crippen molar-refractivity contribution in [2.75, 3.05) is 0 Å². The molecule has 0 spiro atoms. The van der Waals surface area contributed by atoms with Crippen LogP contribution in [0.2, 0.25) is 0 Å². The molecule has 0 saturated carbocycles. The number of aliphatic hydroxyl groups is 2. The van der Waals surface area contributed by atoms with Crippen molar-refractivity contribution in [3.8, 4) is 0 Å². The molecule has 0 bridgehead atoms. The maximum Gasteiger partial charge on any atom is 0.173 e. The van der Waals surface area contributed by atoms with Gasteiger partial charge in [0.05, 0.1) is 11.5 Å². The lowest BCUT2D eigenvalue weighted by Crippen LogP contribution is -2.40. The van der Waals surface area contributed by atoms with Gasteiger partial charge in [0.1, 0.15) is 5.76 Å². The van der Waals surface area contributed by atoms with Gasteiger partial charge in [-0.05, 0) is 32.9 Å². The number of carbonyl (C=O) groups is 1. The van der Waals surface area contributed by atoms with Crippen molar-refractivity contribution in [3.63, 3.8) is 0 Å². The van der Waals surface area contributed by atoms with Crippen LogP contribution in [0.4, 0.5) is 0 Å².